The summed E-state index contributed by atoms with van der Waals surface area (Å²) < 4.78 is 0. The smallest absolute Gasteiger partial charge is 0.330 e. The molecule has 0 aliphatic carbocycles. The lowest BCUT2D eigenvalue weighted by Crippen LogP contribution is -2.44. The van der Waals surface area contributed by atoms with Crippen LogP contribution in [0.3, 0.4) is 0 Å². The van der Waals surface area contributed by atoms with E-state index in [0.717, 1.165) is 0 Å². The van der Waals surface area contributed by atoms with Gasteiger partial charge in [0.1, 0.15) is 0 Å². The predicted molar refractivity (Wildman–Crippen MR) is 42.2 cm³/mol. The number of rotatable bonds is 1. The number of nitrogens with one attached hydrogen (secondary N) is 2. The molecule has 68 valence electrons. The van der Waals surface area contributed by atoms with E-state index in [9.17, 15) is 9.59 Å². The average molecular weight is 181 g/mol. The molecule has 0 aliphatic rings. The van der Waals surface area contributed by atoms with Crippen molar-refractivity contribution in [3.05, 3.63) is 24.0 Å². The summed E-state index contributed by atoms with van der Waals surface area (Å²) in [4.78, 5) is 21.3. The Morgan fingerprint density at radius 2 is 2.08 bits per heavy atom. The summed E-state index contributed by atoms with van der Waals surface area (Å²) >= 11 is 0. The zero-order valence-electron chi connectivity index (χ0n) is 6.52. The molecule has 0 radical (unpaired) electrons. The molecule has 0 aliphatic heterocycles. The van der Waals surface area contributed by atoms with E-state index in [1.807, 2.05) is 5.43 Å². The minimum Gasteiger partial charge on any atom is -0.350 e. The lowest BCUT2D eigenvalue weighted by molar-refractivity contribution is 0.0937. The zero-order valence-corrected chi connectivity index (χ0v) is 6.52. The Balaban J connectivity index is 2.54. The number of hydrogen-bond donors (Lipinski definition) is 3. The van der Waals surface area contributed by atoms with E-state index < -0.39 is 11.9 Å². The molecule has 0 spiro atoms. The van der Waals surface area contributed by atoms with Crippen LogP contribution in [0.2, 0.25) is 0 Å². The van der Waals surface area contributed by atoms with Gasteiger partial charge in [0.05, 0.1) is 18.0 Å². The number of aromatic nitrogens is 2. The summed E-state index contributed by atoms with van der Waals surface area (Å²) in [7, 11) is 0. The minimum absolute atomic E-state index is 0.281. The van der Waals surface area contributed by atoms with Gasteiger partial charge in [-0.25, -0.2) is 10.2 Å². The average Bonchev–Trinajstić information content (AvgIpc) is 2.15. The van der Waals surface area contributed by atoms with Crippen molar-refractivity contribution >= 4 is 11.9 Å². The lowest BCUT2D eigenvalue weighted by atomic mass is 10.3. The van der Waals surface area contributed by atoms with Crippen LogP contribution in [0.25, 0.3) is 0 Å². The van der Waals surface area contributed by atoms with Crippen LogP contribution < -0.4 is 16.6 Å². The van der Waals surface area contributed by atoms with Gasteiger partial charge in [-0.15, -0.1) is 0 Å². The SMILES string of the molecule is NC(=O)NNC(=O)c1ccnnc1. The van der Waals surface area contributed by atoms with Crippen molar-refractivity contribution in [1.82, 2.24) is 21.0 Å². The number of nitrogens with two attached hydrogens (primary N) is 1. The van der Waals surface area contributed by atoms with Gasteiger partial charge in [-0.05, 0) is 6.07 Å². The third-order valence-corrected chi connectivity index (χ3v) is 1.15. The van der Waals surface area contributed by atoms with Crippen LogP contribution in [0.15, 0.2) is 18.5 Å². The molecule has 0 bridgehead atoms. The molecule has 0 saturated heterocycles. The molecule has 0 unspecified atom stereocenters. The van der Waals surface area contributed by atoms with Crippen LogP contribution in [0.4, 0.5) is 4.79 Å². The first-order valence-electron chi connectivity index (χ1n) is 3.32. The van der Waals surface area contributed by atoms with Crippen molar-refractivity contribution in [2.24, 2.45) is 5.73 Å². The lowest BCUT2D eigenvalue weighted by Gasteiger charge is -2.02. The Hall–Kier alpha value is -2.18. The number of primary amides is 1. The summed E-state index contributed by atoms with van der Waals surface area (Å²) in [5, 5.41) is 6.96. The fourth-order valence-corrected chi connectivity index (χ4v) is 0.616. The van der Waals surface area contributed by atoms with Crippen LogP contribution in [-0.4, -0.2) is 22.1 Å². The van der Waals surface area contributed by atoms with Gasteiger partial charge in [0.15, 0.2) is 0 Å². The standard InChI is InChI=1S/C6H7N5O2/c7-6(13)11-10-5(12)4-1-2-8-9-3-4/h1-3H,(H,10,12)(H3,7,11,13). The summed E-state index contributed by atoms with van der Waals surface area (Å²) in [5.74, 6) is -0.506. The minimum atomic E-state index is -0.838. The largest absolute Gasteiger partial charge is 0.350 e. The number of carbonyl (C=O) groups excluding carboxylic acids is 2. The van der Waals surface area contributed by atoms with Gasteiger partial charge in [-0.1, -0.05) is 0 Å². The summed E-state index contributed by atoms with van der Waals surface area (Å²) in [6, 6.07) is 0.612. The van der Waals surface area contributed by atoms with E-state index in [4.69, 9.17) is 5.73 Å². The van der Waals surface area contributed by atoms with Gasteiger partial charge in [0.25, 0.3) is 5.91 Å². The highest BCUT2D eigenvalue weighted by Gasteiger charge is 2.04. The number of nitrogens with zero attached hydrogens (tertiary/aromatic N) is 2. The van der Waals surface area contributed by atoms with Crippen LogP contribution >= 0.6 is 0 Å². The van der Waals surface area contributed by atoms with Crippen molar-refractivity contribution in [3.63, 3.8) is 0 Å². The molecule has 4 N–H and O–H groups in total. The maximum atomic E-state index is 11.1. The van der Waals surface area contributed by atoms with Crippen LogP contribution in [-0.2, 0) is 0 Å². The second kappa shape index (κ2) is 4.00. The van der Waals surface area contributed by atoms with Crippen LogP contribution in [0.1, 0.15) is 10.4 Å². The second-order valence-electron chi connectivity index (χ2n) is 2.07. The number of hydrazine groups is 1. The molecule has 0 saturated carbocycles. The Morgan fingerprint density at radius 1 is 1.31 bits per heavy atom. The molecule has 1 heterocycles. The van der Waals surface area contributed by atoms with Crippen LogP contribution in [0, 0.1) is 0 Å². The summed E-state index contributed by atoms with van der Waals surface area (Å²) in [5.41, 5.74) is 9.01. The third kappa shape index (κ3) is 2.73. The third-order valence-electron chi connectivity index (χ3n) is 1.15. The molecular weight excluding hydrogens is 174 g/mol. The normalized spacial score (nSPS) is 8.92. The van der Waals surface area contributed by atoms with Gasteiger partial charge in [-0.2, -0.15) is 10.2 Å². The van der Waals surface area contributed by atoms with Gasteiger partial charge in [0.2, 0.25) is 0 Å². The van der Waals surface area contributed by atoms with Crippen molar-refractivity contribution in [3.8, 4) is 0 Å². The maximum Gasteiger partial charge on any atom is 0.330 e. The molecule has 7 heteroatoms. The van der Waals surface area contributed by atoms with E-state index in [1.165, 1.54) is 18.5 Å². The quantitative estimate of drug-likeness (QED) is 0.472. The van der Waals surface area contributed by atoms with Crippen molar-refractivity contribution in [2.45, 2.75) is 0 Å². The molecule has 0 atom stereocenters. The van der Waals surface area contributed by atoms with Crippen LogP contribution in [0.5, 0.6) is 0 Å². The molecule has 13 heavy (non-hydrogen) atoms. The molecule has 1 aromatic rings. The molecule has 0 aromatic carbocycles. The highest BCUT2D eigenvalue weighted by Crippen LogP contribution is 1.91. The fraction of sp³-hybridized carbons (Fsp3) is 0. The van der Waals surface area contributed by atoms with E-state index in [1.54, 1.807) is 0 Å². The maximum absolute atomic E-state index is 11.1. The second-order valence-corrected chi connectivity index (χ2v) is 2.07. The van der Waals surface area contributed by atoms with Gasteiger partial charge >= 0.3 is 6.03 Å². The van der Waals surface area contributed by atoms with E-state index in [-0.39, 0.29) is 5.56 Å². The first kappa shape index (κ1) is 8.91. The van der Waals surface area contributed by atoms with Gasteiger partial charge in [-0.3, -0.25) is 10.2 Å². The first-order chi connectivity index (χ1) is 6.20. The van der Waals surface area contributed by atoms with E-state index in [2.05, 4.69) is 15.6 Å². The number of urea groups is 1. The molecule has 3 amide bonds. The number of hydrogen-bond acceptors (Lipinski definition) is 4. The van der Waals surface area contributed by atoms with Crippen molar-refractivity contribution in [1.29, 1.82) is 0 Å². The Bertz CT molecular complexity index is 312. The zero-order chi connectivity index (χ0) is 9.68. The highest BCUT2D eigenvalue weighted by molar-refractivity contribution is 5.94. The van der Waals surface area contributed by atoms with Crippen molar-refractivity contribution < 1.29 is 9.59 Å². The van der Waals surface area contributed by atoms with E-state index in [0.29, 0.717) is 0 Å². The molecule has 0 fully saturated rings. The molecule has 1 aromatic heterocycles. The Kier molecular flexibility index (Phi) is 2.74. The van der Waals surface area contributed by atoms with E-state index >= 15 is 0 Å². The molecule has 7 nitrogen and oxygen atoms in total. The topological polar surface area (TPSA) is 110 Å². The summed E-state index contributed by atoms with van der Waals surface area (Å²) in [6.07, 6.45) is 2.62. The monoisotopic (exact) mass is 181 g/mol. The Morgan fingerprint density at radius 3 is 2.62 bits per heavy atom. The van der Waals surface area contributed by atoms with Crippen molar-refractivity contribution in [2.75, 3.05) is 0 Å². The molecule has 1 rings (SSSR count). The summed E-state index contributed by atoms with van der Waals surface area (Å²) in [6.45, 7) is 0. The van der Waals surface area contributed by atoms with Gasteiger partial charge in [0, 0.05) is 0 Å². The highest BCUT2D eigenvalue weighted by atomic mass is 16.2. The number of amides is 3. The fourth-order valence-electron chi connectivity index (χ4n) is 0.616. The molecular formula is C6H7N5O2. The first-order valence-corrected chi connectivity index (χ1v) is 3.32. The predicted octanol–water partition coefficient (Wildman–Crippen LogP) is -1.21. The number of carbonyl (C=O) groups is 2. The Labute approximate surface area is 73.3 Å². The van der Waals surface area contributed by atoms with Gasteiger partial charge < -0.3 is 5.73 Å².